The molecule has 0 bridgehead atoms. The lowest BCUT2D eigenvalue weighted by Gasteiger charge is -2.30. The second-order valence-electron chi connectivity index (χ2n) is 7.31. The largest absolute Gasteiger partial charge is 0.482 e. The number of nitrogens with zero attached hydrogens (tertiary/aromatic N) is 1. The number of amides is 2. The highest BCUT2D eigenvalue weighted by molar-refractivity contribution is 5.98. The van der Waals surface area contributed by atoms with Crippen LogP contribution in [-0.2, 0) is 9.59 Å². The molecule has 1 saturated heterocycles. The van der Waals surface area contributed by atoms with E-state index >= 15 is 0 Å². The predicted molar refractivity (Wildman–Crippen MR) is 101 cm³/mol. The molecule has 3 rings (SSSR count). The van der Waals surface area contributed by atoms with Gasteiger partial charge in [0.1, 0.15) is 5.75 Å². The second-order valence-corrected chi connectivity index (χ2v) is 7.31. The van der Waals surface area contributed by atoms with E-state index in [2.05, 4.69) is 12.2 Å². The first-order valence-electron chi connectivity index (χ1n) is 9.78. The van der Waals surface area contributed by atoms with Crippen molar-refractivity contribution in [3.8, 4) is 5.75 Å². The number of hydrogen-bond donors (Lipinski definition) is 2. The van der Waals surface area contributed by atoms with Crippen LogP contribution in [0, 0.1) is 0 Å². The van der Waals surface area contributed by atoms with Crippen molar-refractivity contribution in [1.82, 2.24) is 5.32 Å². The molecule has 1 fully saturated rings. The Morgan fingerprint density at radius 3 is 3.04 bits per heavy atom. The van der Waals surface area contributed by atoms with Gasteiger partial charge in [0.15, 0.2) is 6.61 Å². The summed E-state index contributed by atoms with van der Waals surface area (Å²) in [7, 11) is 0. The van der Waals surface area contributed by atoms with Crippen molar-refractivity contribution < 1.29 is 19.2 Å². The van der Waals surface area contributed by atoms with Gasteiger partial charge in [0.05, 0.1) is 24.8 Å². The van der Waals surface area contributed by atoms with E-state index in [4.69, 9.17) is 4.74 Å². The first kappa shape index (κ1) is 18.7. The average Bonchev–Trinajstić information content (AvgIpc) is 2.65. The van der Waals surface area contributed by atoms with Crippen LogP contribution in [0.1, 0.15) is 39.0 Å². The fraction of sp³-hybridized carbons (Fsp3) is 0.600. The highest BCUT2D eigenvalue weighted by Crippen LogP contribution is 2.31. The number of likely N-dealkylation sites (tertiary alicyclic amines) is 1. The van der Waals surface area contributed by atoms with Gasteiger partial charge in [-0.3, -0.25) is 9.59 Å². The SMILES string of the molecule is C[C@H]1CCCC[NH+]1CCCNC(=O)CCN1C(=O)COc2ccccc21. The molecule has 2 atom stereocenters. The standard InChI is InChI=1S/C20H29N3O3/c1-16-7-4-5-12-22(16)13-6-11-21-19(24)10-14-23-17-8-2-3-9-18(17)26-15-20(23)25/h2-3,8-9,16H,4-7,10-15H2,1H3,(H,21,24)/p+1/t16-/m0/s1. The van der Waals surface area contributed by atoms with E-state index in [1.807, 2.05) is 24.3 Å². The molecular formula is C20H30N3O3+. The van der Waals surface area contributed by atoms with Crippen molar-refractivity contribution >= 4 is 17.5 Å². The summed E-state index contributed by atoms with van der Waals surface area (Å²) >= 11 is 0. The minimum atomic E-state index is -0.0980. The van der Waals surface area contributed by atoms with Crippen molar-refractivity contribution in [2.24, 2.45) is 0 Å². The number of piperidine rings is 1. The Labute approximate surface area is 155 Å². The zero-order valence-electron chi connectivity index (χ0n) is 15.6. The van der Waals surface area contributed by atoms with Crippen LogP contribution in [0.5, 0.6) is 5.75 Å². The Hall–Kier alpha value is -2.08. The van der Waals surface area contributed by atoms with Gasteiger partial charge in [-0.25, -0.2) is 0 Å². The molecular weight excluding hydrogens is 330 g/mol. The Morgan fingerprint density at radius 1 is 1.35 bits per heavy atom. The van der Waals surface area contributed by atoms with Gasteiger partial charge in [0.2, 0.25) is 5.91 Å². The molecule has 1 aromatic carbocycles. The number of para-hydroxylation sites is 2. The van der Waals surface area contributed by atoms with Crippen LogP contribution in [-0.4, -0.2) is 50.6 Å². The van der Waals surface area contributed by atoms with Crippen LogP contribution < -0.4 is 19.9 Å². The third kappa shape index (κ3) is 4.75. The van der Waals surface area contributed by atoms with E-state index in [9.17, 15) is 9.59 Å². The molecule has 2 heterocycles. The summed E-state index contributed by atoms with van der Waals surface area (Å²) in [6, 6.07) is 8.19. The summed E-state index contributed by atoms with van der Waals surface area (Å²) in [6.45, 7) is 5.84. The van der Waals surface area contributed by atoms with Crippen molar-refractivity contribution in [2.75, 3.05) is 37.7 Å². The fourth-order valence-corrected chi connectivity index (χ4v) is 3.87. The van der Waals surface area contributed by atoms with Gasteiger partial charge in [-0.1, -0.05) is 12.1 Å². The van der Waals surface area contributed by atoms with E-state index in [1.165, 1.54) is 25.8 Å². The number of carbonyl (C=O) groups is 2. The fourth-order valence-electron chi connectivity index (χ4n) is 3.87. The quantitative estimate of drug-likeness (QED) is 0.706. The minimum Gasteiger partial charge on any atom is -0.482 e. The van der Waals surface area contributed by atoms with Gasteiger partial charge < -0.3 is 19.9 Å². The van der Waals surface area contributed by atoms with Gasteiger partial charge in [-0.15, -0.1) is 0 Å². The predicted octanol–water partition coefficient (Wildman–Crippen LogP) is 0.766. The molecule has 0 aromatic heterocycles. The summed E-state index contributed by atoms with van der Waals surface area (Å²) in [6.07, 6.45) is 5.31. The van der Waals surface area contributed by atoms with Crippen LogP contribution in [0.4, 0.5) is 5.69 Å². The Morgan fingerprint density at radius 2 is 2.19 bits per heavy atom. The molecule has 2 aliphatic rings. The normalized spacial score (nSPS) is 22.5. The Balaban J connectivity index is 1.38. The number of benzene rings is 1. The third-order valence-corrected chi connectivity index (χ3v) is 5.45. The maximum atomic E-state index is 12.1. The topological polar surface area (TPSA) is 63.1 Å². The van der Waals surface area contributed by atoms with Gasteiger partial charge in [-0.2, -0.15) is 0 Å². The van der Waals surface area contributed by atoms with Crippen LogP contribution in [0.15, 0.2) is 24.3 Å². The molecule has 0 saturated carbocycles. The molecule has 142 valence electrons. The number of carbonyl (C=O) groups excluding carboxylic acids is 2. The molecule has 26 heavy (non-hydrogen) atoms. The minimum absolute atomic E-state index is 0.00321. The second kappa shape index (κ2) is 9.03. The molecule has 2 N–H and O–H groups in total. The summed E-state index contributed by atoms with van der Waals surface area (Å²) in [5, 5.41) is 2.99. The van der Waals surface area contributed by atoms with Gasteiger partial charge in [-0.05, 0) is 38.3 Å². The van der Waals surface area contributed by atoms with Crippen molar-refractivity contribution in [1.29, 1.82) is 0 Å². The number of nitrogens with one attached hydrogen (secondary N) is 2. The first-order chi connectivity index (χ1) is 12.6. The molecule has 6 nitrogen and oxygen atoms in total. The lowest BCUT2D eigenvalue weighted by atomic mass is 10.0. The number of fused-ring (bicyclic) bond motifs is 1. The summed E-state index contributed by atoms with van der Waals surface area (Å²) in [5.41, 5.74) is 0.749. The zero-order valence-corrected chi connectivity index (χ0v) is 15.6. The van der Waals surface area contributed by atoms with Crippen LogP contribution >= 0.6 is 0 Å². The average molecular weight is 360 g/mol. The third-order valence-electron chi connectivity index (χ3n) is 5.45. The van der Waals surface area contributed by atoms with E-state index in [0.29, 0.717) is 25.3 Å². The summed E-state index contributed by atoms with van der Waals surface area (Å²) in [4.78, 5) is 27.6. The van der Waals surface area contributed by atoms with Gasteiger partial charge in [0, 0.05) is 25.9 Å². The lowest BCUT2D eigenvalue weighted by Crippen LogP contribution is -3.16. The lowest BCUT2D eigenvalue weighted by molar-refractivity contribution is -0.928. The molecule has 1 aromatic rings. The van der Waals surface area contributed by atoms with Crippen molar-refractivity contribution in [3.05, 3.63) is 24.3 Å². The van der Waals surface area contributed by atoms with Crippen LogP contribution in [0.3, 0.4) is 0 Å². The summed E-state index contributed by atoms with van der Waals surface area (Å²) in [5.74, 6) is 0.605. The van der Waals surface area contributed by atoms with Gasteiger partial charge in [0.25, 0.3) is 5.91 Å². The van der Waals surface area contributed by atoms with Crippen LogP contribution in [0.2, 0.25) is 0 Å². The van der Waals surface area contributed by atoms with E-state index in [-0.39, 0.29) is 18.4 Å². The highest BCUT2D eigenvalue weighted by atomic mass is 16.5. The molecule has 0 aliphatic carbocycles. The zero-order chi connectivity index (χ0) is 18.4. The number of anilines is 1. The number of rotatable bonds is 7. The summed E-state index contributed by atoms with van der Waals surface area (Å²) < 4.78 is 5.42. The number of ether oxygens (including phenoxy) is 1. The monoisotopic (exact) mass is 360 g/mol. The van der Waals surface area contributed by atoms with Crippen molar-refractivity contribution in [2.45, 2.75) is 45.1 Å². The van der Waals surface area contributed by atoms with E-state index in [0.717, 1.165) is 24.7 Å². The maximum absolute atomic E-state index is 12.1. The molecule has 0 radical (unpaired) electrons. The Kier molecular flexibility index (Phi) is 6.50. The molecule has 1 unspecified atom stereocenters. The van der Waals surface area contributed by atoms with Crippen molar-refractivity contribution in [3.63, 3.8) is 0 Å². The van der Waals surface area contributed by atoms with E-state index < -0.39 is 0 Å². The van der Waals surface area contributed by atoms with E-state index in [1.54, 1.807) is 9.80 Å². The number of hydrogen-bond acceptors (Lipinski definition) is 3. The molecule has 0 spiro atoms. The molecule has 2 aliphatic heterocycles. The number of quaternary nitrogens is 1. The van der Waals surface area contributed by atoms with Crippen LogP contribution in [0.25, 0.3) is 0 Å². The highest BCUT2D eigenvalue weighted by Gasteiger charge is 2.25. The smallest absolute Gasteiger partial charge is 0.265 e. The maximum Gasteiger partial charge on any atom is 0.265 e. The first-order valence-corrected chi connectivity index (χ1v) is 9.78. The Bertz CT molecular complexity index is 634. The van der Waals surface area contributed by atoms with Gasteiger partial charge >= 0.3 is 0 Å². The molecule has 6 heteroatoms. The molecule has 2 amide bonds.